The van der Waals surface area contributed by atoms with E-state index in [-0.39, 0.29) is 11.5 Å². The van der Waals surface area contributed by atoms with Gasteiger partial charge < -0.3 is 10.2 Å². The highest BCUT2D eigenvalue weighted by Crippen LogP contribution is 2.23. The number of nitrogen functional groups attached to an aromatic ring is 1. The van der Waals surface area contributed by atoms with Crippen LogP contribution in [0.15, 0.2) is 34.7 Å². The van der Waals surface area contributed by atoms with Gasteiger partial charge in [-0.05, 0) is 30.3 Å². The minimum atomic E-state index is -0.248. The molecule has 0 radical (unpaired) electrons. The molecule has 2 aromatic rings. The maximum Gasteiger partial charge on any atom is 0.229 e. The molecule has 4 heteroatoms. The van der Waals surface area contributed by atoms with Gasteiger partial charge in [0.25, 0.3) is 0 Å². The Balaban J connectivity index is 2.39. The SMILES string of the molecule is CCc1ccc(C(=O)c2cc(N)ccc2Cl)o1. The summed E-state index contributed by atoms with van der Waals surface area (Å²) >= 11 is 5.96. The molecule has 88 valence electrons. The normalized spacial score (nSPS) is 10.5. The van der Waals surface area contributed by atoms with Gasteiger partial charge in [0, 0.05) is 17.7 Å². The predicted octanol–water partition coefficient (Wildman–Crippen LogP) is 3.31. The van der Waals surface area contributed by atoms with Gasteiger partial charge >= 0.3 is 0 Å². The minimum absolute atomic E-state index is 0.248. The molecule has 0 aliphatic heterocycles. The first-order valence-electron chi connectivity index (χ1n) is 5.30. The standard InChI is InChI=1S/C13H12ClNO2/c1-2-9-4-6-12(17-9)13(16)10-7-8(15)3-5-11(10)14/h3-7H,2,15H2,1H3. The van der Waals surface area contributed by atoms with E-state index in [0.29, 0.717) is 16.3 Å². The molecule has 0 amide bonds. The van der Waals surface area contributed by atoms with Gasteiger partial charge in [-0.15, -0.1) is 0 Å². The largest absolute Gasteiger partial charge is 0.458 e. The molecular weight excluding hydrogens is 238 g/mol. The Morgan fingerprint density at radius 2 is 2.12 bits per heavy atom. The summed E-state index contributed by atoms with van der Waals surface area (Å²) in [5.74, 6) is 0.810. The molecule has 0 saturated carbocycles. The number of hydrogen-bond acceptors (Lipinski definition) is 3. The summed E-state index contributed by atoms with van der Waals surface area (Å²) in [6, 6.07) is 8.25. The molecule has 0 fully saturated rings. The summed E-state index contributed by atoms with van der Waals surface area (Å²) in [4.78, 5) is 12.1. The van der Waals surface area contributed by atoms with Crippen molar-refractivity contribution in [2.45, 2.75) is 13.3 Å². The van der Waals surface area contributed by atoms with Crippen LogP contribution in [-0.4, -0.2) is 5.78 Å². The molecule has 2 rings (SSSR count). The van der Waals surface area contributed by atoms with Crippen molar-refractivity contribution in [3.8, 4) is 0 Å². The van der Waals surface area contributed by atoms with Gasteiger partial charge in [0.05, 0.1) is 5.02 Å². The van der Waals surface area contributed by atoms with E-state index in [1.165, 1.54) is 0 Å². The van der Waals surface area contributed by atoms with Gasteiger partial charge in [0.2, 0.25) is 5.78 Å². The van der Waals surface area contributed by atoms with Crippen molar-refractivity contribution in [2.24, 2.45) is 0 Å². The molecule has 0 bridgehead atoms. The Morgan fingerprint density at radius 3 is 2.76 bits per heavy atom. The molecule has 0 aliphatic rings. The fourth-order valence-electron chi connectivity index (χ4n) is 1.54. The lowest BCUT2D eigenvalue weighted by Gasteiger charge is -2.02. The number of hydrogen-bond donors (Lipinski definition) is 1. The second-order valence-corrected chi connectivity index (χ2v) is 4.10. The van der Waals surface area contributed by atoms with Crippen molar-refractivity contribution >= 4 is 23.1 Å². The number of carbonyl (C=O) groups is 1. The molecule has 0 atom stereocenters. The van der Waals surface area contributed by atoms with Crippen LogP contribution < -0.4 is 5.73 Å². The topological polar surface area (TPSA) is 56.2 Å². The molecule has 1 aromatic heterocycles. The van der Waals surface area contributed by atoms with E-state index in [1.807, 2.05) is 6.92 Å². The Bertz CT molecular complexity index is 560. The molecule has 3 nitrogen and oxygen atoms in total. The average Bonchev–Trinajstić information content (AvgIpc) is 2.80. The summed E-state index contributed by atoms with van der Waals surface area (Å²) in [6.07, 6.45) is 0.748. The van der Waals surface area contributed by atoms with E-state index in [4.69, 9.17) is 21.8 Å². The molecule has 17 heavy (non-hydrogen) atoms. The fraction of sp³-hybridized carbons (Fsp3) is 0.154. The summed E-state index contributed by atoms with van der Waals surface area (Å²) < 4.78 is 5.39. The first kappa shape index (κ1) is 11.7. The van der Waals surface area contributed by atoms with E-state index in [9.17, 15) is 4.79 Å². The Labute approximate surface area is 104 Å². The van der Waals surface area contributed by atoms with Crippen LogP contribution in [-0.2, 0) is 6.42 Å². The quantitative estimate of drug-likeness (QED) is 0.671. The van der Waals surface area contributed by atoms with E-state index >= 15 is 0 Å². The molecule has 0 aliphatic carbocycles. The van der Waals surface area contributed by atoms with Crippen LogP contribution in [0.1, 0.15) is 28.8 Å². The van der Waals surface area contributed by atoms with Gasteiger partial charge in [0.15, 0.2) is 5.76 Å². The first-order chi connectivity index (χ1) is 8.11. The summed E-state index contributed by atoms with van der Waals surface area (Å²) in [6.45, 7) is 1.96. The van der Waals surface area contributed by atoms with Crippen LogP contribution in [0.25, 0.3) is 0 Å². The van der Waals surface area contributed by atoms with Crippen molar-refractivity contribution in [1.82, 2.24) is 0 Å². The highest BCUT2D eigenvalue weighted by atomic mass is 35.5. The second-order valence-electron chi connectivity index (χ2n) is 3.69. The molecule has 0 unspecified atom stereocenters. The molecule has 0 saturated heterocycles. The van der Waals surface area contributed by atoms with E-state index < -0.39 is 0 Å². The third-order valence-electron chi connectivity index (χ3n) is 2.47. The molecule has 0 spiro atoms. The molecule has 1 aromatic carbocycles. The molecule has 2 N–H and O–H groups in total. The lowest BCUT2D eigenvalue weighted by molar-refractivity contribution is 0.101. The fourth-order valence-corrected chi connectivity index (χ4v) is 1.74. The second kappa shape index (κ2) is 4.63. The van der Waals surface area contributed by atoms with Crippen LogP contribution in [0, 0.1) is 0 Å². The van der Waals surface area contributed by atoms with Gasteiger partial charge in [-0.3, -0.25) is 4.79 Å². The number of ketones is 1. The van der Waals surface area contributed by atoms with Crippen molar-refractivity contribution in [1.29, 1.82) is 0 Å². The van der Waals surface area contributed by atoms with Crippen molar-refractivity contribution in [2.75, 3.05) is 5.73 Å². The monoisotopic (exact) mass is 249 g/mol. The van der Waals surface area contributed by atoms with Crippen molar-refractivity contribution in [3.63, 3.8) is 0 Å². The molecule has 1 heterocycles. The van der Waals surface area contributed by atoms with Crippen LogP contribution in [0.3, 0.4) is 0 Å². The van der Waals surface area contributed by atoms with Crippen LogP contribution >= 0.6 is 11.6 Å². The maximum absolute atomic E-state index is 12.1. The zero-order valence-corrected chi connectivity index (χ0v) is 10.1. The number of benzene rings is 1. The summed E-state index contributed by atoms with van der Waals surface area (Å²) in [7, 11) is 0. The highest BCUT2D eigenvalue weighted by molar-refractivity contribution is 6.34. The number of aryl methyl sites for hydroxylation is 1. The van der Waals surface area contributed by atoms with E-state index in [0.717, 1.165) is 12.2 Å². The number of rotatable bonds is 3. The van der Waals surface area contributed by atoms with E-state index in [2.05, 4.69) is 0 Å². The molecular formula is C13H12ClNO2. The predicted molar refractivity (Wildman–Crippen MR) is 67.4 cm³/mol. The minimum Gasteiger partial charge on any atom is -0.458 e. The Hall–Kier alpha value is -1.74. The summed E-state index contributed by atoms with van der Waals surface area (Å²) in [5.41, 5.74) is 6.50. The van der Waals surface area contributed by atoms with Crippen LogP contribution in [0.5, 0.6) is 0 Å². The number of carbonyl (C=O) groups excluding carboxylic acids is 1. The lowest BCUT2D eigenvalue weighted by atomic mass is 10.1. The van der Waals surface area contributed by atoms with Crippen molar-refractivity contribution in [3.05, 3.63) is 52.4 Å². The smallest absolute Gasteiger partial charge is 0.229 e. The maximum atomic E-state index is 12.1. The number of nitrogens with two attached hydrogens (primary N) is 1. The summed E-state index contributed by atoms with van der Waals surface area (Å²) in [5, 5.41) is 0.374. The third-order valence-corrected chi connectivity index (χ3v) is 2.80. The number of furan rings is 1. The van der Waals surface area contributed by atoms with Crippen LogP contribution in [0.2, 0.25) is 5.02 Å². The average molecular weight is 250 g/mol. The lowest BCUT2D eigenvalue weighted by Crippen LogP contribution is -2.01. The number of halogens is 1. The Morgan fingerprint density at radius 1 is 1.35 bits per heavy atom. The zero-order valence-electron chi connectivity index (χ0n) is 9.37. The Kier molecular flexibility index (Phi) is 3.20. The highest BCUT2D eigenvalue weighted by Gasteiger charge is 2.16. The first-order valence-corrected chi connectivity index (χ1v) is 5.68. The van der Waals surface area contributed by atoms with Gasteiger partial charge in [-0.2, -0.15) is 0 Å². The third kappa shape index (κ3) is 2.34. The van der Waals surface area contributed by atoms with E-state index in [1.54, 1.807) is 30.3 Å². The zero-order chi connectivity index (χ0) is 12.4. The van der Waals surface area contributed by atoms with Gasteiger partial charge in [0.1, 0.15) is 5.76 Å². The van der Waals surface area contributed by atoms with Crippen molar-refractivity contribution < 1.29 is 9.21 Å². The van der Waals surface area contributed by atoms with Crippen LogP contribution in [0.4, 0.5) is 5.69 Å². The van der Waals surface area contributed by atoms with Gasteiger partial charge in [-0.25, -0.2) is 0 Å². The number of anilines is 1. The van der Waals surface area contributed by atoms with Gasteiger partial charge in [-0.1, -0.05) is 18.5 Å².